The molecule has 3 aromatic carbocycles. The number of aryl methyl sites for hydroxylation is 1. The van der Waals surface area contributed by atoms with E-state index in [0.29, 0.717) is 60.6 Å². The molecule has 3 radical (unpaired) electrons. The average molecular weight is 1500 g/mol. The maximum atomic E-state index is 13.7. The van der Waals surface area contributed by atoms with Crippen molar-refractivity contribution in [1.29, 1.82) is 0 Å². The number of halogens is 6. The van der Waals surface area contributed by atoms with Gasteiger partial charge in [0.1, 0.15) is 18.4 Å². The topological polar surface area (TPSA) is 339 Å². The number of alkyl halides is 6. The number of ether oxygens (including phenoxy) is 2. The Balaban J connectivity index is 0.00000143. The number of aliphatic carboxylic acids is 1. The molecule has 2 atom stereocenters. The number of amides is 3. The van der Waals surface area contributed by atoms with Crippen molar-refractivity contribution in [2.24, 2.45) is 5.73 Å². The quantitative estimate of drug-likeness (QED) is 0.0134. The predicted molar refractivity (Wildman–Crippen MR) is 383 cm³/mol. The van der Waals surface area contributed by atoms with Crippen molar-refractivity contribution in [3.05, 3.63) is 298 Å². The van der Waals surface area contributed by atoms with Crippen LogP contribution in [0.4, 0.5) is 26.3 Å². The Kier molecular flexibility index (Phi) is 47.4. The van der Waals surface area contributed by atoms with Gasteiger partial charge < -0.3 is 47.4 Å². The standard InChI is InChI=1S/C26H25F3N4O4.C24H26N4O3.C8H8N2.C8H8O.C7H10N2.C2HF3O2.CO2.B.Na.H/c1-37-24(35)21-4-2-3-20(17-21)22(23(34)32-15-9-18-5-11-30-12-6-18)33(25(36)26(27,28)29)16-10-19-7-13-31-14-8-19;1-31-24(30)21-4-2-3-20(17-21)22(27-15-9-18-5-11-25-12-6-18)23(29)28-16-10-19-7-13-26-14-8-19;1-9-5-2-8-3-6-10-7-4-8;1-7-3-2-4-8(5-7)6-9;8-4-3-7-2-1-5-9-6-7;3-2(4,5)1(6)7;2-1-3;;;/h2-8,11-14,17,22H,9-10,15-16H2,1H3,(H,32,34);2-8,11-14,17,22,27H,9-10,15-16H2,1H3,(H,28,29);3-4,6-7H,2,5H2;2-6H,1H3;1-2,5-6H,3-4,8H2;(H,6,7);;;;/q;;;;;;;;+1;-1. The molecule has 0 bridgehead atoms. The molecule has 0 aliphatic rings. The van der Waals surface area contributed by atoms with Crippen LogP contribution in [-0.4, -0.2) is 162 Å². The molecule has 0 fully saturated rings. The molecule has 6 aromatic heterocycles. The minimum absolute atomic E-state index is 0. The van der Waals surface area contributed by atoms with Gasteiger partial charge in [-0.05, 0) is 187 Å². The summed E-state index contributed by atoms with van der Waals surface area (Å²) in [5.41, 5.74) is 14.5. The van der Waals surface area contributed by atoms with E-state index < -0.39 is 60.7 Å². The van der Waals surface area contributed by atoms with Crippen LogP contribution in [0.2, 0.25) is 0 Å². The van der Waals surface area contributed by atoms with E-state index in [1.807, 2.05) is 85.9 Å². The summed E-state index contributed by atoms with van der Waals surface area (Å²) in [5.74, 6) is -7.05. The van der Waals surface area contributed by atoms with E-state index in [-0.39, 0.29) is 75.5 Å². The number of nitrogens with two attached hydrogens (primary N) is 1. The molecule has 9 aromatic rings. The molecule has 108 heavy (non-hydrogen) atoms. The number of carbonyl (C=O) groups excluding carboxylic acids is 8. The van der Waals surface area contributed by atoms with Gasteiger partial charge in [-0.2, -0.15) is 35.9 Å². The van der Waals surface area contributed by atoms with Crippen molar-refractivity contribution in [2.45, 2.75) is 69.9 Å². The fourth-order valence-corrected chi connectivity index (χ4v) is 9.12. The zero-order chi connectivity index (χ0) is 78.0. The predicted octanol–water partition coefficient (Wildman–Crippen LogP) is 6.51. The van der Waals surface area contributed by atoms with Crippen LogP contribution in [0.3, 0.4) is 0 Å². The molecular formula is C76H79BF6N12NaO12. The van der Waals surface area contributed by atoms with E-state index in [9.17, 15) is 55.1 Å². The number of esters is 2. The molecule has 3 amide bonds. The van der Waals surface area contributed by atoms with Crippen molar-refractivity contribution in [3.63, 3.8) is 0 Å². The van der Waals surface area contributed by atoms with Crippen molar-refractivity contribution >= 4 is 56.5 Å². The molecule has 6 heterocycles. The van der Waals surface area contributed by atoms with E-state index in [0.717, 1.165) is 60.5 Å². The third kappa shape index (κ3) is 38.5. The molecule has 9 rings (SSSR count). The number of carbonyl (C=O) groups is 7. The number of aromatic nitrogens is 6. The monoisotopic (exact) mass is 1500 g/mol. The molecule has 561 valence electrons. The maximum absolute atomic E-state index is 13.7. The molecule has 0 saturated heterocycles. The normalized spacial score (nSPS) is 10.5. The average Bonchev–Trinajstić information content (AvgIpc) is 0.798. The van der Waals surface area contributed by atoms with E-state index in [1.54, 1.807) is 104 Å². The SMILES string of the molecule is COC(=O)c1cccc(C(C(=O)NCCc2ccncc2)N(CCc2ccncc2)C(=O)C(F)(F)F)c1.COC(=O)c1cccc(C(NCCc2ccncc2)C(=O)NCCc2ccncc2)c1.Cc1cccc(C=O)c1.NCCc1cccnc1.O=C(O)C(F)(F)F.O=C=O.[B].[C-]#[N+]CCc1ccncc1.[H-].[Na+]. The van der Waals surface area contributed by atoms with E-state index in [4.69, 9.17) is 41.3 Å². The third-order valence-corrected chi connectivity index (χ3v) is 14.3. The zero-order valence-corrected chi connectivity index (χ0v) is 61.4. The van der Waals surface area contributed by atoms with Gasteiger partial charge in [-0.1, -0.05) is 54.1 Å². The molecule has 0 aliphatic heterocycles. The van der Waals surface area contributed by atoms with Crippen molar-refractivity contribution < 1.29 is 115 Å². The first-order valence-corrected chi connectivity index (χ1v) is 32.1. The number of rotatable bonds is 25. The largest absolute Gasteiger partial charge is 1.00 e. The Labute approximate surface area is 645 Å². The number of nitrogens with zero attached hydrogens (tertiary/aromatic N) is 8. The number of methoxy groups -OCH3 is 2. The summed E-state index contributed by atoms with van der Waals surface area (Å²) < 4.78 is 82.3. The smallest absolute Gasteiger partial charge is 1.00 e. The van der Waals surface area contributed by atoms with Crippen molar-refractivity contribution in [1.82, 2.24) is 50.8 Å². The van der Waals surface area contributed by atoms with Gasteiger partial charge in [0.2, 0.25) is 18.4 Å². The van der Waals surface area contributed by atoms with Crippen LogP contribution in [0.25, 0.3) is 4.85 Å². The number of carboxylic acids is 1. The van der Waals surface area contributed by atoms with Crippen LogP contribution in [0.15, 0.2) is 220 Å². The van der Waals surface area contributed by atoms with E-state index in [1.165, 1.54) is 54.9 Å². The maximum Gasteiger partial charge on any atom is 1.00 e. The minimum atomic E-state index is -5.23. The van der Waals surface area contributed by atoms with Gasteiger partial charge in [-0.25, -0.2) is 21.0 Å². The molecule has 2 unspecified atom stereocenters. The first-order valence-electron chi connectivity index (χ1n) is 32.1. The minimum Gasteiger partial charge on any atom is -1.00 e. The van der Waals surface area contributed by atoms with E-state index in [2.05, 4.69) is 50.7 Å². The number of hydrogen-bond acceptors (Lipinski definition) is 19. The van der Waals surface area contributed by atoms with Gasteiger partial charge in [0.15, 0.2) is 0 Å². The van der Waals surface area contributed by atoms with Crippen LogP contribution in [0, 0.1) is 13.5 Å². The Morgan fingerprint density at radius 1 is 0.565 bits per heavy atom. The first kappa shape index (κ1) is 94.5. The molecule has 0 aliphatic carbocycles. The van der Waals surface area contributed by atoms with Crippen LogP contribution < -0.4 is 51.2 Å². The summed E-state index contributed by atoms with van der Waals surface area (Å²) in [4.78, 5) is 126. The van der Waals surface area contributed by atoms with Crippen LogP contribution >= 0.6 is 0 Å². The fourth-order valence-electron chi connectivity index (χ4n) is 9.12. The van der Waals surface area contributed by atoms with E-state index >= 15 is 0 Å². The summed E-state index contributed by atoms with van der Waals surface area (Å²) in [6.07, 6.45) is 14.7. The van der Waals surface area contributed by atoms with Gasteiger partial charge in [0, 0.05) is 121 Å². The first-order chi connectivity index (χ1) is 50.9. The number of pyridine rings is 6. The van der Waals surface area contributed by atoms with Gasteiger partial charge in [-0.15, -0.1) is 0 Å². The second kappa shape index (κ2) is 54.1. The van der Waals surface area contributed by atoms with Gasteiger partial charge >= 0.3 is 71.9 Å². The van der Waals surface area contributed by atoms with Gasteiger partial charge in [-0.3, -0.25) is 49.1 Å². The molecule has 0 spiro atoms. The van der Waals surface area contributed by atoms with Crippen molar-refractivity contribution in [2.75, 3.05) is 53.5 Å². The third-order valence-electron chi connectivity index (χ3n) is 14.3. The van der Waals surface area contributed by atoms with Crippen molar-refractivity contribution in [3.8, 4) is 0 Å². The summed E-state index contributed by atoms with van der Waals surface area (Å²) in [5, 5.41) is 16.1. The summed E-state index contributed by atoms with van der Waals surface area (Å²) in [7, 11) is 2.50. The fraction of sp³-hybridized carbons (Fsp3) is 0.250. The van der Waals surface area contributed by atoms with Gasteiger partial charge in [0.05, 0.1) is 25.3 Å². The second-order valence-corrected chi connectivity index (χ2v) is 21.8. The van der Waals surface area contributed by atoms with Crippen LogP contribution in [0.5, 0.6) is 0 Å². The number of aldehydes is 1. The molecule has 6 N–H and O–H groups in total. The number of hydrogen-bond donors (Lipinski definition) is 5. The molecule has 32 heteroatoms. The number of nitrogens with one attached hydrogen (secondary N) is 3. The number of benzene rings is 3. The molecular weight excluding hydrogens is 1420 g/mol. The Morgan fingerprint density at radius 2 is 0.981 bits per heavy atom. The van der Waals surface area contributed by atoms with Gasteiger partial charge in [0.25, 0.3) is 0 Å². The summed E-state index contributed by atoms with van der Waals surface area (Å²) in [6.45, 7) is 10.6. The Morgan fingerprint density at radius 3 is 1.37 bits per heavy atom. The Hall–Kier alpha value is -11.5. The Bertz CT molecular complexity index is 4180. The zero-order valence-electron chi connectivity index (χ0n) is 60.4. The number of carboxylic acid groups (broad SMARTS) is 1. The van der Waals surface area contributed by atoms with Crippen LogP contribution in [-0.2, 0) is 76.8 Å². The summed E-state index contributed by atoms with van der Waals surface area (Å²) in [6, 6.07) is 39.9. The molecule has 0 saturated carbocycles. The summed E-state index contributed by atoms with van der Waals surface area (Å²) >= 11 is 0. The molecule has 24 nitrogen and oxygen atoms in total. The second-order valence-electron chi connectivity index (χ2n) is 21.8. The van der Waals surface area contributed by atoms with Crippen LogP contribution in [0.1, 0.15) is 94.7 Å².